The smallest absolute Gasteiger partial charge is 0.538 e. The minimum absolute atomic E-state index is 0. The molecule has 0 spiro atoms. The van der Waals surface area contributed by atoms with Gasteiger partial charge in [0.15, 0.2) is 0 Å². The monoisotopic (exact) mass is 168 g/mol. The normalized spacial score (nSPS) is 9.57. The van der Waals surface area contributed by atoms with E-state index in [0.717, 1.165) is 6.29 Å². The number of hydrogen-bond donors (Lipinski definition) is 0. The standard InChI is InChI=1S/C2Cl3O.Na/c3-2(4,5)1-6;/q-1;+1. The Bertz CT molecular complexity index is 58.4. The van der Waals surface area contributed by atoms with E-state index in [1.165, 1.54) is 0 Å². The van der Waals surface area contributed by atoms with Crippen LogP contribution in [0.5, 0.6) is 0 Å². The van der Waals surface area contributed by atoms with Gasteiger partial charge in [0.1, 0.15) is 0 Å². The Balaban J connectivity index is 0. The molecule has 0 aromatic rings. The van der Waals surface area contributed by atoms with Crippen molar-refractivity contribution in [3.63, 3.8) is 0 Å². The maximum atomic E-state index is 9.31. The summed E-state index contributed by atoms with van der Waals surface area (Å²) in [4.78, 5) is 9.31. The Hall–Kier alpha value is 1.54. The summed E-state index contributed by atoms with van der Waals surface area (Å²) in [7, 11) is 0. The summed E-state index contributed by atoms with van der Waals surface area (Å²) >= 11 is 14.5. The van der Waals surface area contributed by atoms with Crippen LogP contribution in [0.25, 0.3) is 0 Å². The van der Waals surface area contributed by atoms with Crippen molar-refractivity contribution in [2.45, 2.75) is 3.79 Å². The van der Waals surface area contributed by atoms with Gasteiger partial charge in [0.25, 0.3) is 0 Å². The molecule has 0 atom stereocenters. The van der Waals surface area contributed by atoms with Crippen LogP contribution in [0.1, 0.15) is 0 Å². The van der Waals surface area contributed by atoms with Crippen LogP contribution in [0, 0.1) is 0 Å². The molecule has 0 fully saturated rings. The minimum atomic E-state index is -1.85. The van der Waals surface area contributed by atoms with Gasteiger partial charge in [0.05, 0.1) is 3.79 Å². The maximum Gasteiger partial charge on any atom is 1.00 e. The van der Waals surface area contributed by atoms with Gasteiger partial charge in [-0.05, 0) is 0 Å². The fourth-order valence-electron chi connectivity index (χ4n) is 0. The van der Waals surface area contributed by atoms with Crippen LogP contribution in [-0.4, -0.2) is 10.1 Å². The van der Waals surface area contributed by atoms with E-state index in [-0.39, 0.29) is 29.6 Å². The summed E-state index contributed by atoms with van der Waals surface area (Å²) in [5.74, 6) is 0. The molecule has 0 aliphatic rings. The molecule has 0 unspecified atom stereocenters. The number of hydrogen-bond acceptors (Lipinski definition) is 1. The first kappa shape index (κ1) is 11.4. The molecular weight excluding hydrogens is 169 g/mol. The van der Waals surface area contributed by atoms with Crippen molar-refractivity contribution in [2.24, 2.45) is 0 Å². The topological polar surface area (TPSA) is 17.1 Å². The van der Waals surface area contributed by atoms with E-state index < -0.39 is 3.79 Å². The number of alkyl halides is 3. The molecule has 0 aromatic carbocycles. The van der Waals surface area contributed by atoms with Crippen molar-refractivity contribution < 1.29 is 34.4 Å². The van der Waals surface area contributed by atoms with E-state index in [1.54, 1.807) is 0 Å². The number of carbonyl (C=O) groups excluding carboxylic acids is 1. The first-order chi connectivity index (χ1) is 2.56. The largest absolute Gasteiger partial charge is 1.00 e. The van der Waals surface area contributed by atoms with Crippen LogP contribution in [-0.2, 0) is 4.79 Å². The molecule has 0 saturated carbocycles. The predicted molar refractivity (Wildman–Crippen MR) is 26.0 cm³/mol. The second-order valence-electron chi connectivity index (χ2n) is 0.600. The van der Waals surface area contributed by atoms with Crippen LogP contribution < -0.4 is 29.6 Å². The van der Waals surface area contributed by atoms with Gasteiger partial charge in [-0.2, -0.15) is 0 Å². The summed E-state index contributed by atoms with van der Waals surface area (Å²) in [5, 5.41) is 0. The average molecular weight is 169 g/mol. The van der Waals surface area contributed by atoms with Crippen LogP contribution in [0.2, 0.25) is 0 Å². The van der Waals surface area contributed by atoms with E-state index in [0.29, 0.717) is 0 Å². The zero-order chi connectivity index (χ0) is 5.21. The third-order valence-electron chi connectivity index (χ3n) is 0.116. The van der Waals surface area contributed by atoms with E-state index in [1.807, 2.05) is 0 Å². The molecule has 0 heterocycles. The fourth-order valence-corrected chi connectivity index (χ4v) is 0. The predicted octanol–water partition coefficient (Wildman–Crippen LogP) is -1.53. The van der Waals surface area contributed by atoms with Crippen molar-refractivity contribution >= 4 is 41.1 Å². The van der Waals surface area contributed by atoms with E-state index in [9.17, 15) is 4.79 Å². The quantitative estimate of drug-likeness (QED) is 0.244. The van der Waals surface area contributed by atoms with Crippen LogP contribution in [0.4, 0.5) is 0 Å². The molecular formula is C2Cl3NaO. The molecule has 0 aliphatic carbocycles. The first-order valence-electron chi connectivity index (χ1n) is 1.02. The van der Waals surface area contributed by atoms with Crippen molar-refractivity contribution in [1.29, 1.82) is 0 Å². The summed E-state index contributed by atoms with van der Waals surface area (Å²) in [5.41, 5.74) is 0. The molecule has 0 N–H and O–H groups in total. The zero-order valence-electron chi connectivity index (χ0n) is 3.54. The maximum absolute atomic E-state index is 9.31. The number of halogens is 3. The van der Waals surface area contributed by atoms with Crippen molar-refractivity contribution in [1.82, 2.24) is 0 Å². The SMILES string of the molecule is O=[C-]C(Cl)(Cl)Cl.[Na+]. The van der Waals surface area contributed by atoms with Crippen molar-refractivity contribution in [2.75, 3.05) is 0 Å². The van der Waals surface area contributed by atoms with Crippen molar-refractivity contribution in [3.05, 3.63) is 0 Å². The Morgan fingerprint density at radius 1 is 1.29 bits per heavy atom. The summed E-state index contributed by atoms with van der Waals surface area (Å²) in [6.45, 7) is 0. The average Bonchev–Trinajstić information content (AvgIpc) is 1.35. The van der Waals surface area contributed by atoms with Gasteiger partial charge in [-0.3, -0.25) is 0 Å². The second-order valence-corrected chi connectivity index (χ2v) is 2.88. The second kappa shape index (κ2) is 4.42. The van der Waals surface area contributed by atoms with E-state index in [2.05, 4.69) is 0 Å². The molecule has 7 heavy (non-hydrogen) atoms. The molecule has 0 amide bonds. The summed E-state index contributed by atoms with van der Waals surface area (Å²) in [6, 6.07) is 0. The van der Waals surface area contributed by atoms with Gasteiger partial charge in [-0.1, -0.05) is 0 Å². The molecule has 0 bridgehead atoms. The molecule has 0 rings (SSSR count). The first-order valence-corrected chi connectivity index (χ1v) is 2.15. The Labute approximate surface area is 78.6 Å². The van der Waals surface area contributed by atoms with E-state index in [4.69, 9.17) is 34.8 Å². The van der Waals surface area contributed by atoms with Crippen LogP contribution in [0.3, 0.4) is 0 Å². The Kier molecular flexibility index (Phi) is 7.17. The van der Waals surface area contributed by atoms with Crippen LogP contribution >= 0.6 is 34.8 Å². The van der Waals surface area contributed by atoms with Gasteiger partial charge in [0.2, 0.25) is 0 Å². The molecule has 0 aliphatic heterocycles. The van der Waals surface area contributed by atoms with Gasteiger partial charge in [-0.15, -0.1) is 34.8 Å². The van der Waals surface area contributed by atoms with E-state index >= 15 is 0 Å². The summed E-state index contributed by atoms with van der Waals surface area (Å²) in [6.07, 6.45) is 1.15. The van der Waals surface area contributed by atoms with Gasteiger partial charge in [-0.25, -0.2) is 6.29 Å². The third kappa shape index (κ3) is 11.2. The number of rotatable bonds is 0. The van der Waals surface area contributed by atoms with Crippen molar-refractivity contribution in [3.8, 4) is 0 Å². The molecule has 0 radical (unpaired) electrons. The van der Waals surface area contributed by atoms with Gasteiger partial charge >= 0.3 is 29.6 Å². The fraction of sp³-hybridized carbons (Fsp3) is 0.500. The Morgan fingerprint density at radius 2 is 1.43 bits per heavy atom. The molecule has 1 nitrogen and oxygen atoms in total. The molecule has 5 heteroatoms. The Morgan fingerprint density at radius 3 is 1.43 bits per heavy atom. The van der Waals surface area contributed by atoms with Crippen LogP contribution in [0.15, 0.2) is 0 Å². The minimum Gasteiger partial charge on any atom is -0.538 e. The zero-order valence-corrected chi connectivity index (χ0v) is 7.81. The third-order valence-corrected chi connectivity index (χ3v) is 0.347. The summed E-state index contributed by atoms with van der Waals surface area (Å²) < 4.78 is -1.85. The molecule has 36 valence electrons. The van der Waals surface area contributed by atoms with Gasteiger partial charge < -0.3 is 4.79 Å². The molecule has 0 aromatic heterocycles. The van der Waals surface area contributed by atoms with Gasteiger partial charge in [0, 0.05) is 0 Å². The molecule has 0 saturated heterocycles.